The van der Waals surface area contributed by atoms with Crippen LogP contribution in [-0.2, 0) is 54.9 Å². The van der Waals surface area contributed by atoms with E-state index in [0.29, 0.717) is 41.5 Å². The minimum atomic E-state index is -4.58. The third-order valence-electron chi connectivity index (χ3n) is 11.2. The molecule has 75 heavy (non-hydrogen) atoms. The molecule has 398 valence electrons. The van der Waals surface area contributed by atoms with Crippen LogP contribution in [0.4, 0.5) is 61.5 Å². The van der Waals surface area contributed by atoms with Crippen molar-refractivity contribution in [3.63, 3.8) is 0 Å². The quantitative estimate of drug-likeness (QED) is 0.0885. The first-order valence-electron chi connectivity index (χ1n) is 20.7. The van der Waals surface area contributed by atoms with Gasteiger partial charge in [0.05, 0.1) is 24.2 Å². The molecular formula is C48H40F14N10O3. The molecule has 0 saturated heterocycles. The number of benzene rings is 4. The number of hydrogen-bond donors (Lipinski definition) is 3. The number of hydrogen-bond acceptors (Lipinski definition) is 11. The van der Waals surface area contributed by atoms with E-state index in [-0.39, 0.29) is 32.4 Å². The number of aliphatic hydroxyl groups excluding tert-OH is 1. The van der Waals surface area contributed by atoms with Crippen molar-refractivity contribution in [3.05, 3.63) is 213 Å². The van der Waals surface area contributed by atoms with E-state index in [0.717, 1.165) is 95.1 Å². The van der Waals surface area contributed by atoms with Crippen LogP contribution < -0.4 is 0 Å². The third kappa shape index (κ3) is 12.4. The maximum Gasteiger partial charge on any atom is 0.416 e. The van der Waals surface area contributed by atoms with Crippen molar-refractivity contribution in [1.29, 1.82) is 0 Å². The molecule has 13 nitrogen and oxygen atoms in total. The van der Waals surface area contributed by atoms with Gasteiger partial charge in [0.1, 0.15) is 53.4 Å². The molecule has 0 bridgehead atoms. The summed E-state index contributed by atoms with van der Waals surface area (Å²) in [6.45, 7) is -2.04. The Morgan fingerprint density at radius 3 is 1.24 bits per heavy atom. The molecule has 0 fully saturated rings. The molecule has 3 atom stereocenters. The van der Waals surface area contributed by atoms with E-state index in [1.54, 1.807) is 0 Å². The van der Waals surface area contributed by atoms with Gasteiger partial charge in [-0.2, -0.15) is 43.9 Å². The fourth-order valence-corrected chi connectivity index (χ4v) is 7.32. The number of tetrazole rings is 2. The second-order valence-corrected chi connectivity index (χ2v) is 16.1. The molecule has 27 heteroatoms. The van der Waals surface area contributed by atoms with Crippen LogP contribution in [0.15, 0.2) is 134 Å². The number of alkyl halides is 10. The van der Waals surface area contributed by atoms with Crippen LogP contribution in [0.1, 0.15) is 76.9 Å². The van der Waals surface area contributed by atoms with E-state index in [1.165, 1.54) is 18.2 Å². The highest BCUT2D eigenvalue weighted by molar-refractivity contribution is 5.36. The first kappa shape index (κ1) is 58.1. The van der Waals surface area contributed by atoms with E-state index in [1.807, 2.05) is 0 Å². The Kier molecular flexibility index (Phi) is 17.3. The SMILES string of the molecule is C.C.OC(Cn1cnnn1)(c1ccc(F)cc1F)C(F)(F)c1ccc(Cc2ccc(C(F)(F)F)cc2)cn1.OC(c1ccc(C(F)(F)F)cc1)c1ccc(C(F)(F)C(O)(Cn2cnnn2)c2ccc(F)cc2F)nc1. The van der Waals surface area contributed by atoms with E-state index < -0.39 is 112 Å². The summed E-state index contributed by atoms with van der Waals surface area (Å²) < 4.78 is 197. The largest absolute Gasteiger partial charge is 0.416 e. The monoisotopic (exact) mass is 1070 g/mol. The highest BCUT2D eigenvalue weighted by atomic mass is 19.4. The Hall–Kier alpha value is -7.78. The standard InChI is InChI=1S/C23H16F7N5O2.C23H16F7N5O.2CH4/c24-16-6-7-17(18(25)9-16)21(37,11-35-12-32-33-34-35)22(26,27)19-8-3-14(10-31-19)20(36)13-1-4-15(5-2-13)23(28,29)30;24-17-6-7-18(19(25)10-17)21(36,12-35-13-32-33-34-35)22(26,27)20-8-3-15(11-31-20)9-14-1-4-16(5-2-14)23(28,29)30;;/h1-10,12,20,36-37H,11H2;1-8,10-11,13,36H,9,12H2;2*1H4. The molecule has 0 saturated carbocycles. The molecule has 0 aliphatic carbocycles. The zero-order valence-electron chi connectivity index (χ0n) is 36.5. The topological polar surface area (TPSA) is 174 Å². The summed E-state index contributed by atoms with van der Waals surface area (Å²) in [6.07, 6.45) is -6.74. The molecule has 0 aliphatic rings. The molecule has 4 aromatic carbocycles. The number of aromatic nitrogens is 10. The molecular weight excluding hydrogens is 1030 g/mol. The fraction of sp³-hybridized carbons (Fsp3) is 0.250. The molecule has 0 radical (unpaired) electrons. The van der Waals surface area contributed by atoms with Crippen LogP contribution in [0.3, 0.4) is 0 Å². The van der Waals surface area contributed by atoms with Crippen molar-refractivity contribution < 1.29 is 76.8 Å². The van der Waals surface area contributed by atoms with E-state index in [9.17, 15) is 59.2 Å². The Bertz CT molecular complexity index is 3110. The summed E-state index contributed by atoms with van der Waals surface area (Å²) in [5.41, 5.74) is -11.4. The maximum atomic E-state index is 15.8. The summed E-state index contributed by atoms with van der Waals surface area (Å²) in [6, 6.07) is 15.3. The van der Waals surface area contributed by atoms with Gasteiger partial charge in [-0.05, 0) is 105 Å². The Morgan fingerprint density at radius 1 is 0.480 bits per heavy atom. The molecule has 3 N–H and O–H groups in total. The van der Waals surface area contributed by atoms with Crippen LogP contribution in [0.2, 0.25) is 0 Å². The Balaban J connectivity index is 0.000000270. The molecule has 4 aromatic heterocycles. The van der Waals surface area contributed by atoms with Gasteiger partial charge >= 0.3 is 24.2 Å². The van der Waals surface area contributed by atoms with Crippen LogP contribution in [0.5, 0.6) is 0 Å². The zero-order chi connectivity index (χ0) is 53.1. The molecule has 4 heterocycles. The summed E-state index contributed by atoms with van der Waals surface area (Å²) >= 11 is 0. The van der Waals surface area contributed by atoms with Crippen molar-refractivity contribution in [2.24, 2.45) is 0 Å². The minimum absolute atomic E-state index is 0. The van der Waals surface area contributed by atoms with Crippen molar-refractivity contribution in [3.8, 4) is 0 Å². The normalized spacial score (nSPS) is 14.0. The van der Waals surface area contributed by atoms with Gasteiger partial charge in [0.2, 0.25) is 0 Å². The van der Waals surface area contributed by atoms with Gasteiger partial charge in [-0.1, -0.05) is 51.3 Å². The summed E-state index contributed by atoms with van der Waals surface area (Å²) in [4.78, 5) is 7.34. The van der Waals surface area contributed by atoms with Gasteiger partial charge in [-0.3, -0.25) is 9.97 Å². The zero-order valence-corrected chi connectivity index (χ0v) is 36.5. The molecule has 0 aliphatic heterocycles. The predicted molar refractivity (Wildman–Crippen MR) is 236 cm³/mol. The van der Waals surface area contributed by atoms with Gasteiger partial charge < -0.3 is 15.3 Å². The lowest BCUT2D eigenvalue weighted by molar-refractivity contribution is -0.207. The molecule has 8 aromatic rings. The van der Waals surface area contributed by atoms with Crippen molar-refractivity contribution in [1.82, 2.24) is 50.4 Å². The average Bonchev–Trinajstić information content (AvgIpc) is 4.06. The number of nitrogens with zero attached hydrogens (tertiary/aromatic N) is 10. The van der Waals surface area contributed by atoms with Gasteiger partial charge in [-0.25, -0.2) is 26.9 Å². The lowest BCUT2D eigenvalue weighted by atomic mass is 9.84. The lowest BCUT2D eigenvalue weighted by Gasteiger charge is -2.35. The summed E-state index contributed by atoms with van der Waals surface area (Å²) in [5.74, 6) is -13.5. The second kappa shape index (κ2) is 22.4. The van der Waals surface area contributed by atoms with E-state index in [2.05, 4.69) is 41.0 Å². The highest BCUT2D eigenvalue weighted by Crippen LogP contribution is 2.48. The smallest absolute Gasteiger partial charge is 0.384 e. The van der Waals surface area contributed by atoms with Crippen molar-refractivity contribution >= 4 is 0 Å². The lowest BCUT2D eigenvalue weighted by Crippen LogP contribution is -2.48. The molecule has 0 spiro atoms. The van der Waals surface area contributed by atoms with Crippen molar-refractivity contribution in [2.45, 2.75) is 75.9 Å². The number of aliphatic hydroxyl groups is 3. The summed E-state index contributed by atoms with van der Waals surface area (Å²) in [5, 5.41) is 52.8. The highest BCUT2D eigenvalue weighted by Gasteiger charge is 2.59. The van der Waals surface area contributed by atoms with Gasteiger partial charge in [0.15, 0.2) is 11.2 Å². The maximum absolute atomic E-state index is 15.8. The minimum Gasteiger partial charge on any atom is -0.384 e. The van der Waals surface area contributed by atoms with Crippen LogP contribution in [0, 0.1) is 23.3 Å². The van der Waals surface area contributed by atoms with E-state index in [4.69, 9.17) is 0 Å². The predicted octanol–water partition coefficient (Wildman–Crippen LogP) is 10.0. The fourth-order valence-electron chi connectivity index (χ4n) is 7.32. The first-order valence-corrected chi connectivity index (χ1v) is 20.7. The van der Waals surface area contributed by atoms with Gasteiger partial charge in [0.25, 0.3) is 0 Å². The van der Waals surface area contributed by atoms with Crippen LogP contribution >= 0.6 is 0 Å². The molecule has 0 amide bonds. The first-order chi connectivity index (χ1) is 34.2. The molecule has 3 unspecified atom stereocenters. The Morgan fingerprint density at radius 2 is 0.880 bits per heavy atom. The van der Waals surface area contributed by atoms with Gasteiger partial charge in [-0.15, -0.1) is 10.2 Å². The Labute approximate surface area is 415 Å². The number of pyridine rings is 2. The molecule has 8 rings (SSSR count). The van der Waals surface area contributed by atoms with Crippen molar-refractivity contribution in [2.75, 3.05) is 0 Å². The van der Waals surface area contributed by atoms with E-state index >= 15 is 17.6 Å². The number of halogens is 14. The number of rotatable bonds is 14. The summed E-state index contributed by atoms with van der Waals surface area (Å²) in [7, 11) is 0. The average molecular weight is 1070 g/mol. The van der Waals surface area contributed by atoms with Gasteiger partial charge in [0, 0.05) is 41.2 Å². The van der Waals surface area contributed by atoms with Crippen LogP contribution in [0.25, 0.3) is 0 Å². The third-order valence-corrected chi connectivity index (χ3v) is 11.2. The van der Waals surface area contributed by atoms with Crippen LogP contribution in [-0.4, -0.2) is 65.7 Å². The second-order valence-electron chi connectivity index (χ2n) is 16.1.